The van der Waals surface area contributed by atoms with Gasteiger partial charge in [0.15, 0.2) is 5.13 Å². The molecule has 0 unspecified atom stereocenters. The molecule has 3 aromatic rings. The summed E-state index contributed by atoms with van der Waals surface area (Å²) in [6, 6.07) is 10.7. The number of halogens is 1. The van der Waals surface area contributed by atoms with Crippen molar-refractivity contribution >= 4 is 45.6 Å². The van der Waals surface area contributed by atoms with Crippen LogP contribution in [0.4, 0.5) is 21.0 Å². The Bertz CT molecular complexity index is 1130. The summed E-state index contributed by atoms with van der Waals surface area (Å²) in [4.78, 5) is 42.4. The third kappa shape index (κ3) is 4.53. The van der Waals surface area contributed by atoms with Gasteiger partial charge in [-0.15, -0.1) is 0 Å². The average molecular weight is 441 g/mol. The van der Waals surface area contributed by atoms with E-state index in [4.69, 9.17) is 11.5 Å². The number of primary amides is 1. The number of anilines is 3. The lowest BCUT2D eigenvalue weighted by Crippen LogP contribution is -2.39. The van der Waals surface area contributed by atoms with Gasteiger partial charge in [-0.05, 0) is 43.3 Å². The summed E-state index contributed by atoms with van der Waals surface area (Å²) >= 11 is 0.990. The molecule has 3 rings (SSSR count). The molecule has 0 saturated carbocycles. The fourth-order valence-electron chi connectivity index (χ4n) is 2.86. The van der Waals surface area contributed by atoms with Crippen LogP contribution in [0.25, 0.3) is 0 Å². The van der Waals surface area contributed by atoms with Crippen molar-refractivity contribution in [2.75, 3.05) is 17.7 Å². The van der Waals surface area contributed by atoms with Crippen LogP contribution in [0.5, 0.6) is 0 Å². The van der Waals surface area contributed by atoms with Crippen molar-refractivity contribution < 1.29 is 18.8 Å². The Morgan fingerprint density at radius 2 is 1.65 bits per heavy atom. The number of benzene rings is 2. The SMILES string of the molecule is CNC(=O)c1ccc(C(=O)c2sc(N(c3ccc(F)cc3)[C@H](C)C(N)=O)nc2N)cc1. The highest BCUT2D eigenvalue weighted by Crippen LogP contribution is 2.36. The number of hydrogen-bond donors (Lipinski definition) is 3. The highest BCUT2D eigenvalue weighted by Gasteiger charge is 2.27. The van der Waals surface area contributed by atoms with Gasteiger partial charge in [0, 0.05) is 23.9 Å². The van der Waals surface area contributed by atoms with E-state index in [-0.39, 0.29) is 27.5 Å². The standard InChI is InChI=1S/C21H20FN5O3S/c1-11(19(24)29)27(15-9-7-14(22)8-10-15)21-26-18(23)17(31-21)16(28)12-3-5-13(6-4-12)20(30)25-2/h3-11H,23H2,1-2H3,(H2,24,29)(H,25,30)/t11-/m1/s1. The van der Waals surface area contributed by atoms with Gasteiger partial charge in [0.1, 0.15) is 22.6 Å². The number of hydrogen-bond acceptors (Lipinski definition) is 7. The topological polar surface area (TPSA) is 131 Å². The number of rotatable bonds is 7. The molecule has 2 aromatic carbocycles. The van der Waals surface area contributed by atoms with Crippen molar-refractivity contribution in [3.8, 4) is 0 Å². The number of nitrogens with two attached hydrogens (primary N) is 2. The zero-order valence-electron chi connectivity index (χ0n) is 16.8. The second-order valence-electron chi connectivity index (χ2n) is 6.62. The smallest absolute Gasteiger partial charge is 0.251 e. The van der Waals surface area contributed by atoms with Crippen LogP contribution in [-0.2, 0) is 4.79 Å². The summed E-state index contributed by atoms with van der Waals surface area (Å²) in [5, 5.41) is 2.77. The first kappa shape index (κ1) is 21.9. The lowest BCUT2D eigenvalue weighted by molar-refractivity contribution is -0.118. The minimum absolute atomic E-state index is 0.0100. The Kier molecular flexibility index (Phi) is 6.30. The number of aromatic nitrogens is 1. The van der Waals surface area contributed by atoms with Gasteiger partial charge in [0.05, 0.1) is 0 Å². The minimum Gasteiger partial charge on any atom is -0.382 e. The predicted molar refractivity (Wildman–Crippen MR) is 117 cm³/mol. The Balaban J connectivity index is 1.98. The molecule has 0 bridgehead atoms. The number of carbonyl (C=O) groups is 3. The molecule has 1 atom stereocenters. The van der Waals surface area contributed by atoms with E-state index in [0.717, 1.165) is 11.3 Å². The molecule has 0 spiro atoms. The number of nitrogens with zero attached hydrogens (tertiary/aromatic N) is 2. The lowest BCUT2D eigenvalue weighted by Gasteiger charge is -2.26. The molecule has 160 valence electrons. The molecule has 0 aliphatic rings. The van der Waals surface area contributed by atoms with Crippen LogP contribution in [0.2, 0.25) is 0 Å². The maximum Gasteiger partial charge on any atom is 0.251 e. The third-order valence-electron chi connectivity index (χ3n) is 4.59. The molecule has 1 heterocycles. The van der Waals surface area contributed by atoms with E-state index < -0.39 is 17.8 Å². The molecule has 0 saturated heterocycles. The van der Waals surface area contributed by atoms with Gasteiger partial charge in [-0.1, -0.05) is 23.5 Å². The first-order chi connectivity index (χ1) is 14.7. The van der Waals surface area contributed by atoms with Crippen LogP contribution in [0.3, 0.4) is 0 Å². The van der Waals surface area contributed by atoms with Crippen LogP contribution in [0.15, 0.2) is 48.5 Å². The minimum atomic E-state index is -0.828. The van der Waals surface area contributed by atoms with Crippen molar-refractivity contribution in [1.29, 1.82) is 0 Å². The van der Waals surface area contributed by atoms with Crippen LogP contribution < -0.4 is 21.7 Å². The highest BCUT2D eigenvalue weighted by molar-refractivity contribution is 7.18. The Labute approximate surface area is 181 Å². The van der Waals surface area contributed by atoms with E-state index in [1.165, 1.54) is 60.5 Å². The van der Waals surface area contributed by atoms with E-state index in [0.29, 0.717) is 16.8 Å². The molecule has 0 aliphatic carbocycles. The highest BCUT2D eigenvalue weighted by atomic mass is 32.1. The summed E-state index contributed by atoms with van der Waals surface area (Å²) in [5.74, 6) is -1.73. The summed E-state index contributed by atoms with van der Waals surface area (Å²) in [7, 11) is 1.51. The number of nitrogens with one attached hydrogen (secondary N) is 1. The second kappa shape index (κ2) is 8.92. The summed E-state index contributed by atoms with van der Waals surface area (Å²) in [6.07, 6.45) is 0. The molecule has 8 nitrogen and oxygen atoms in total. The molecular weight excluding hydrogens is 421 g/mol. The van der Waals surface area contributed by atoms with Gasteiger partial charge in [-0.2, -0.15) is 0 Å². The quantitative estimate of drug-likeness (QED) is 0.483. The Hall–Kier alpha value is -3.79. The van der Waals surface area contributed by atoms with Crippen LogP contribution in [0, 0.1) is 5.82 Å². The van der Waals surface area contributed by atoms with E-state index in [1.807, 2.05) is 0 Å². The van der Waals surface area contributed by atoms with Gasteiger partial charge >= 0.3 is 0 Å². The number of thiazole rings is 1. The van der Waals surface area contributed by atoms with Gasteiger partial charge in [0.2, 0.25) is 11.7 Å². The molecule has 5 N–H and O–H groups in total. The zero-order valence-corrected chi connectivity index (χ0v) is 17.6. The van der Waals surface area contributed by atoms with Crippen molar-refractivity contribution in [2.45, 2.75) is 13.0 Å². The van der Waals surface area contributed by atoms with Crippen LogP contribution >= 0.6 is 11.3 Å². The van der Waals surface area contributed by atoms with E-state index in [2.05, 4.69) is 10.3 Å². The average Bonchev–Trinajstić information content (AvgIpc) is 3.15. The van der Waals surface area contributed by atoms with E-state index >= 15 is 0 Å². The van der Waals surface area contributed by atoms with Crippen molar-refractivity contribution in [2.24, 2.45) is 5.73 Å². The molecule has 0 aliphatic heterocycles. The largest absolute Gasteiger partial charge is 0.382 e. The number of carbonyl (C=O) groups excluding carboxylic acids is 3. The van der Waals surface area contributed by atoms with Crippen molar-refractivity contribution in [3.63, 3.8) is 0 Å². The predicted octanol–water partition coefficient (Wildman–Crippen LogP) is 2.47. The van der Waals surface area contributed by atoms with Gasteiger partial charge in [-0.25, -0.2) is 9.37 Å². The van der Waals surface area contributed by atoms with Crippen molar-refractivity contribution in [1.82, 2.24) is 10.3 Å². The fourth-order valence-corrected chi connectivity index (χ4v) is 3.91. The molecular formula is C21H20FN5O3S. The van der Waals surface area contributed by atoms with Gasteiger partial charge in [-0.3, -0.25) is 14.4 Å². The third-order valence-corrected chi connectivity index (χ3v) is 5.66. The lowest BCUT2D eigenvalue weighted by atomic mass is 10.1. The molecule has 0 radical (unpaired) electrons. The van der Waals surface area contributed by atoms with Crippen LogP contribution in [0.1, 0.15) is 32.5 Å². The monoisotopic (exact) mass is 441 g/mol. The van der Waals surface area contributed by atoms with Gasteiger partial charge < -0.3 is 21.7 Å². The molecule has 0 fully saturated rings. The number of nitrogen functional groups attached to an aromatic ring is 1. The molecule has 10 heteroatoms. The van der Waals surface area contributed by atoms with Gasteiger partial charge in [0.25, 0.3) is 5.91 Å². The van der Waals surface area contributed by atoms with Crippen molar-refractivity contribution in [3.05, 3.63) is 70.4 Å². The normalized spacial score (nSPS) is 11.6. The Morgan fingerprint density at radius 1 is 1.06 bits per heavy atom. The second-order valence-corrected chi connectivity index (χ2v) is 7.60. The number of amides is 2. The molecule has 2 amide bonds. The first-order valence-corrected chi connectivity index (χ1v) is 10.0. The van der Waals surface area contributed by atoms with E-state index in [1.54, 1.807) is 6.92 Å². The van der Waals surface area contributed by atoms with Crippen LogP contribution in [-0.4, -0.2) is 35.7 Å². The first-order valence-electron chi connectivity index (χ1n) is 9.20. The Morgan fingerprint density at radius 3 is 2.19 bits per heavy atom. The zero-order chi connectivity index (χ0) is 22.7. The summed E-state index contributed by atoms with van der Waals surface area (Å²) < 4.78 is 13.4. The van der Waals surface area contributed by atoms with E-state index in [9.17, 15) is 18.8 Å². The fraction of sp³-hybridized carbons (Fsp3) is 0.143. The maximum atomic E-state index is 13.4. The number of ketones is 1. The summed E-state index contributed by atoms with van der Waals surface area (Å²) in [5.41, 5.74) is 12.7. The molecule has 1 aromatic heterocycles. The summed E-state index contributed by atoms with van der Waals surface area (Å²) in [6.45, 7) is 1.57. The maximum absolute atomic E-state index is 13.4. The molecule has 31 heavy (non-hydrogen) atoms.